The van der Waals surface area contributed by atoms with Crippen LogP contribution < -0.4 is 45.1 Å². The van der Waals surface area contributed by atoms with E-state index in [1.807, 2.05) is 50.2 Å². The maximum absolute atomic E-state index is 13.6. The minimum Gasteiger partial charge on any atom is -0.778 e. The van der Waals surface area contributed by atoms with Crippen LogP contribution in [0.1, 0.15) is 59.4 Å². The molecule has 14 heteroatoms. The number of hydrogen-bond donors (Lipinski definition) is 5. The summed E-state index contributed by atoms with van der Waals surface area (Å²) in [6.07, 6.45) is 2.41. The maximum atomic E-state index is 13.6. The Bertz CT molecular complexity index is 1910. The molecular weight excluding hydrogens is 658 g/mol. The van der Waals surface area contributed by atoms with E-state index in [9.17, 15) is 38.6 Å². The third kappa shape index (κ3) is 7.56. The number of carbonyl (C=O) groups excluding carboxylic acids is 3. The number of para-hydroxylation sites is 1. The number of rotatable bonds is 11. The van der Waals surface area contributed by atoms with Gasteiger partial charge in [-0.15, -0.1) is 0 Å². The summed E-state index contributed by atoms with van der Waals surface area (Å²) >= 11 is 0. The molecule has 1 aromatic heterocycles. The fourth-order valence-corrected chi connectivity index (χ4v) is 8.72. The first kappa shape index (κ1) is 36.9. The normalized spacial score (nSPS) is 22.5. The molecule has 0 spiro atoms. The minimum atomic E-state index is -5.12. The zero-order chi connectivity index (χ0) is 34.3. The average Bonchev–Trinajstić information content (AvgIpc) is 3.45. The molecule has 12 nitrogen and oxygen atoms in total. The first-order chi connectivity index (χ1) is 22.8. The zero-order valence-corrected chi connectivity index (χ0v) is 30.5. The van der Waals surface area contributed by atoms with Crippen molar-refractivity contribution in [2.45, 2.75) is 57.4 Å². The van der Waals surface area contributed by atoms with Gasteiger partial charge in [0, 0.05) is 46.6 Å². The van der Waals surface area contributed by atoms with Gasteiger partial charge in [-0.25, -0.2) is 4.79 Å². The second-order valence-electron chi connectivity index (χ2n) is 13.2. The Hall–Kier alpha value is -3.35. The Kier molecular flexibility index (Phi) is 11.2. The molecule has 2 aliphatic rings. The second kappa shape index (κ2) is 14.9. The number of H-pyrrole nitrogens is 1. The van der Waals surface area contributed by atoms with Gasteiger partial charge in [-0.2, -0.15) is 0 Å². The average molecular weight is 697 g/mol. The van der Waals surface area contributed by atoms with Gasteiger partial charge in [0.15, 0.2) is 0 Å². The van der Waals surface area contributed by atoms with Crippen molar-refractivity contribution in [3.05, 3.63) is 83.6 Å². The van der Waals surface area contributed by atoms with Crippen LogP contribution in [0.4, 0.5) is 0 Å². The predicted molar refractivity (Wildman–Crippen MR) is 177 cm³/mol. The molecule has 3 aromatic carbocycles. The minimum absolute atomic E-state index is 0. The van der Waals surface area contributed by atoms with Gasteiger partial charge < -0.3 is 29.8 Å². The molecule has 6 atom stereocenters. The van der Waals surface area contributed by atoms with Gasteiger partial charge in [0.05, 0.1) is 11.8 Å². The Morgan fingerprint density at radius 2 is 1.69 bits per heavy atom. The number of carboxylic acid groups (broad SMARTS) is 1. The van der Waals surface area contributed by atoms with Crippen molar-refractivity contribution in [2.24, 2.45) is 17.8 Å². The fourth-order valence-electron chi connectivity index (χ4n) is 7.48. The van der Waals surface area contributed by atoms with Crippen LogP contribution in [0.15, 0.2) is 66.9 Å². The standard InChI is InChI=1S/C35H39N4O8P.Na/c1-19(2)15-21-16-28(31(40)37-29(35(43)44)17-22-18-36-27-12-4-3-9-23(22)27)38-32(48(45,46)47)24(21)13-14-39-33(41)25-10-5-7-20-8-6-11-26(30(20)25)34(39)42;/h3-12,18-19,21,24,28-29,32,36,38H,13-17H2,1-2H3,(H,37,40)(H,43,44)(H2,45,46,47);/q;+1/p-1/t21-,24+,28-,29+,32+;/m1./s1. The van der Waals surface area contributed by atoms with E-state index in [-0.39, 0.29) is 61.3 Å². The third-order valence-electron chi connectivity index (χ3n) is 9.62. The molecule has 2 aliphatic heterocycles. The van der Waals surface area contributed by atoms with Crippen LogP contribution in [0.25, 0.3) is 21.7 Å². The summed E-state index contributed by atoms with van der Waals surface area (Å²) in [5.41, 5.74) is 2.29. The van der Waals surface area contributed by atoms with Crippen LogP contribution >= 0.6 is 7.60 Å². The Balaban J connectivity index is 0.00000468. The number of nitrogens with zero attached hydrogens (tertiary/aromatic N) is 1. The van der Waals surface area contributed by atoms with Crippen LogP contribution in [0.5, 0.6) is 0 Å². The van der Waals surface area contributed by atoms with Gasteiger partial charge in [0.1, 0.15) is 13.6 Å². The van der Waals surface area contributed by atoms with E-state index in [4.69, 9.17) is 0 Å². The molecule has 0 saturated carbocycles. The number of aromatic amines is 1. The molecule has 6 rings (SSSR count). The van der Waals surface area contributed by atoms with Crippen molar-refractivity contribution in [3.63, 3.8) is 0 Å². The summed E-state index contributed by atoms with van der Waals surface area (Å²) in [7, 11) is -5.12. The first-order valence-corrected chi connectivity index (χ1v) is 17.7. The Morgan fingerprint density at radius 1 is 1.04 bits per heavy atom. The van der Waals surface area contributed by atoms with E-state index in [0.717, 1.165) is 21.2 Å². The number of aliphatic carboxylic acids is 1. The molecule has 1 saturated heterocycles. The third-order valence-corrected chi connectivity index (χ3v) is 10.9. The molecule has 0 aliphatic carbocycles. The van der Waals surface area contributed by atoms with Crippen molar-refractivity contribution in [1.82, 2.24) is 20.5 Å². The number of nitrogens with one attached hydrogen (secondary N) is 3. The molecular formula is C35H38N4NaO8P. The number of imide groups is 1. The summed E-state index contributed by atoms with van der Waals surface area (Å²) in [5.74, 6) is -5.54. The first-order valence-electron chi connectivity index (χ1n) is 16.1. The van der Waals surface area contributed by atoms with Crippen molar-refractivity contribution < 1.29 is 68.2 Å². The zero-order valence-electron chi connectivity index (χ0n) is 27.6. The summed E-state index contributed by atoms with van der Waals surface area (Å²) in [5, 5.41) is 17.5. The molecule has 3 amide bonds. The van der Waals surface area contributed by atoms with E-state index >= 15 is 0 Å². The fraction of sp³-hybridized carbons (Fsp3) is 0.371. The largest absolute Gasteiger partial charge is 1.00 e. The monoisotopic (exact) mass is 696 g/mol. The van der Waals surface area contributed by atoms with Crippen LogP contribution in [-0.2, 0) is 20.6 Å². The molecule has 1 unspecified atom stereocenters. The SMILES string of the molecule is CC(C)C[C@@H]1C[C@H](C(=O)N[C@@H](Cc2c[nH]c3ccccc23)C(=O)O)N[C@@H](P(=O)([O-])O)[C@H]1CCN1C(=O)c2cccc3cccc(c23)C1=O.[Na+]. The van der Waals surface area contributed by atoms with Crippen molar-refractivity contribution in [1.29, 1.82) is 0 Å². The predicted octanol–water partition coefficient (Wildman–Crippen LogP) is 0.636. The van der Waals surface area contributed by atoms with E-state index in [0.29, 0.717) is 28.5 Å². The number of aromatic nitrogens is 1. The number of amides is 3. The number of carbonyl (C=O) groups is 4. The molecule has 1 fully saturated rings. The smallest absolute Gasteiger partial charge is 0.778 e. The second-order valence-corrected chi connectivity index (χ2v) is 14.9. The Labute approximate surface area is 305 Å². The van der Waals surface area contributed by atoms with E-state index in [1.165, 1.54) is 0 Å². The van der Waals surface area contributed by atoms with E-state index in [1.54, 1.807) is 30.5 Å². The molecule has 0 radical (unpaired) electrons. The van der Waals surface area contributed by atoms with Gasteiger partial charge in [0.2, 0.25) is 5.91 Å². The summed E-state index contributed by atoms with van der Waals surface area (Å²) in [6.45, 7) is 3.81. The number of hydrogen-bond acceptors (Lipinski definition) is 7. The van der Waals surface area contributed by atoms with Gasteiger partial charge in [0.25, 0.3) is 11.8 Å². The van der Waals surface area contributed by atoms with Crippen LogP contribution in [-0.4, -0.2) is 68.0 Å². The van der Waals surface area contributed by atoms with Crippen molar-refractivity contribution in [2.75, 3.05) is 6.54 Å². The van der Waals surface area contributed by atoms with Gasteiger partial charge >= 0.3 is 35.5 Å². The van der Waals surface area contributed by atoms with Crippen LogP contribution in [0.2, 0.25) is 0 Å². The summed E-state index contributed by atoms with van der Waals surface area (Å²) in [6, 6.07) is 15.4. The number of fused-ring (bicyclic) bond motifs is 1. The van der Waals surface area contributed by atoms with Crippen LogP contribution in [0, 0.1) is 17.8 Å². The van der Waals surface area contributed by atoms with Gasteiger partial charge in [-0.3, -0.25) is 24.6 Å². The summed E-state index contributed by atoms with van der Waals surface area (Å²) in [4.78, 5) is 80.4. The Morgan fingerprint density at radius 3 is 2.31 bits per heavy atom. The van der Waals surface area contributed by atoms with Gasteiger partial charge in [-0.05, 0) is 66.2 Å². The molecule has 5 N–H and O–H groups in total. The summed E-state index contributed by atoms with van der Waals surface area (Å²) < 4.78 is 12.9. The van der Waals surface area contributed by atoms with Crippen LogP contribution in [0.3, 0.4) is 0 Å². The molecule has 4 aromatic rings. The molecule has 252 valence electrons. The van der Waals surface area contributed by atoms with E-state index < -0.39 is 61.0 Å². The topological polar surface area (TPSA) is 192 Å². The maximum Gasteiger partial charge on any atom is 1.00 e. The molecule has 49 heavy (non-hydrogen) atoms. The molecule has 3 heterocycles. The number of carboxylic acids is 1. The van der Waals surface area contributed by atoms with Gasteiger partial charge in [-0.1, -0.05) is 56.3 Å². The number of benzene rings is 3. The number of piperidine rings is 1. The van der Waals surface area contributed by atoms with Crippen molar-refractivity contribution >= 4 is 53.0 Å². The molecule has 0 bridgehead atoms. The quantitative estimate of drug-likeness (QED) is 0.0851. The van der Waals surface area contributed by atoms with E-state index in [2.05, 4.69) is 15.6 Å². The van der Waals surface area contributed by atoms with Crippen molar-refractivity contribution in [3.8, 4) is 0 Å².